The highest BCUT2D eigenvalue weighted by Gasteiger charge is 2.26. The Balaban J connectivity index is 1.51. The van der Waals surface area contributed by atoms with Gasteiger partial charge in [-0.2, -0.15) is 0 Å². The summed E-state index contributed by atoms with van der Waals surface area (Å²) in [6.45, 7) is 1.31. The van der Waals surface area contributed by atoms with Crippen LogP contribution in [0.25, 0.3) is 5.57 Å². The van der Waals surface area contributed by atoms with Crippen molar-refractivity contribution < 1.29 is 32.6 Å². The number of carbonyl (C=O) groups is 2. The summed E-state index contributed by atoms with van der Waals surface area (Å²) in [5.41, 5.74) is 2.19. The topological polar surface area (TPSA) is 68.3 Å². The minimum absolute atomic E-state index is 0.217. The van der Waals surface area contributed by atoms with Gasteiger partial charge in [-0.25, -0.2) is 8.78 Å². The first-order chi connectivity index (χ1) is 18.3. The predicted octanol–water partition coefficient (Wildman–Crippen LogP) is 4.41. The molecule has 0 saturated carbocycles. The highest BCUT2D eigenvalue weighted by Crippen LogP contribution is 2.38. The Bertz CT molecular complexity index is 1260. The number of rotatable bonds is 7. The van der Waals surface area contributed by atoms with Crippen molar-refractivity contribution in [3.63, 3.8) is 0 Å². The summed E-state index contributed by atoms with van der Waals surface area (Å²) in [6.07, 6.45) is 1.47. The zero-order chi connectivity index (χ0) is 27.2. The first-order valence-electron chi connectivity index (χ1n) is 12.0. The van der Waals surface area contributed by atoms with Crippen LogP contribution < -0.4 is 14.2 Å². The van der Waals surface area contributed by atoms with Gasteiger partial charge in [-0.15, -0.1) is 0 Å². The molecule has 0 atom stereocenters. The molecule has 3 aromatic carbocycles. The molecule has 1 fully saturated rings. The van der Waals surface area contributed by atoms with Crippen LogP contribution in [0.3, 0.4) is 0 Å². The first kappa shape index (κ1) is 26.7. The van der Waals surface area contributed by atoms with Gasteiger partial charge < -0.3 is 24.0 Å². The van der Waals surface area contributed by atoms with Crippen LogP contribution in [0, 0.1) is 11.6 Å². The van der Waals surface area contributed by atoms with Crippen molar-refractivity contribution in [1.82, 2.24) is 9.80 Å². The third-order valence-corrected chi connectivity index (χ3v) is 6.37. The molecule has 7 nitrogen and oxygen atoms in total. The third-order valence-electron chi connectivity index (χ3n) is 6.37. The molecule has 0 unspecified atom stereocenters. The lowest BCUT2D eigenvalue weighted by Crippen LogP contribution is -2.50. The molecule has 1 saturated heterocycles. The van der Waals surface area contributed by atoms with E-state index in [0.717, 1.165) is 0 Å². The van der Waals surface area contributed by atoms with Gasteiger partial charge in [0.2, 0.25) is 11.7 Å². The highest BCUT2D eigenvalue weighted by molar-refractivity contribution is 5.99. The molecular formula is C29H28F2N2O5. The maximum Gasteiger partial charge on any atom is 0.254 e. The number of benzene rings is 3. The lowest BCUT2D eigenvalue weighted by Gasteiger charge is -2.34. The second kappa shape index (κ2) is 11.8. The summed E-state index contributed by atoms with van der Waals surface area (Å²) in [5.74, 6) is -0.116. The number of nitrogens with zero attached hydrogens (tertiary/aromatic N) is 2. The van der Waals surface area contributed by atoms with E-state index in [1.807, 2.05) is 0 Å². The Kier molecular flexibility index (Phi) is 8.25. The van der Waals surface area contributed by atoms with E-state index < -0.39 is 11.6 Å². The second-order valence-electron chi connectivity index (χ2n) is 8.60. The zero-order valence-corrected chi connectivity index (χ0v) is 21.4. The van der Waals surface area contributed by atoms with E-state index in [4.69, 9.17) is 14.2 Å². The van der Waals surface area contributed by atoms with Gasteiger partial charge in [0.05, 0.1) is 21.3 Å². The number of hydrogen-bond acceptors (Lipinski definition) is 5. The van der Waals surface area contributed by atoms with Crippen molar-refractivity contribution in [2.24, 2.45) is 0 Å². The minimum atomic E-state index is -0.397. The lowest BCUT2D eigenvalue weighted by molar-refractivity contribution is -0.127. The summed E-state index contributed by atoms with van der Waals surface area (Å²) in [4.78, 5) is 29.7. The van der Waals surface area contributed by atoms with E-state index in [9.17, 15) is 18.4 Å². The maximum absolute atomic E-state index is 13.5. The molecule has 0 aliphatic carbocycles. The van der Waals surface area contributed by atoms with E-state index in [1.165, 1.54) is 51.7 Å². The Hall–Kier alpha value is -4.40. The maximum atomic E-state index is 13.5. The third kappa shape index (κ3) is 5.77. The fourth-order valence-electron chi connectivity index (χ4n) is 4.32. The molecule has 4 rings (SSSR count). The molecule has 9 heteroatoms. The van der Waals surface area contributed by atoms with Crippen LogP contribution in [0.1, 0.15) is 21.5 Å². The SMILES string of the molecule is COc1cc(C(=O)N2CCN(C(=O)C=C(c3ccc(F)cc3)c3ccc(F)cc3)CC2)cc(OC)c1OC. The normalized spacial score (nSPS) is 13.1. The fourth-order valence-corrected chi connectivity index (χ4v) is 4.32. The lowest BCUT2D eigenvalue weighted by atomic mass is 9.97. The quantitative estimate of drug-likeness (QED) is 0.430. The number of halogens is 2. The molecule has 1 heterocycles. The molecule has 1 aliphatic rings. The van der Waals surface area contributed by atoms with Crippen LogP contribution in [0.2, 0.25) is 0 Å². The van der Waals surface area contributed by atoms with Crippen LogP contribution in [0.15, 0.2) is 66.7 Å². The molecule has 38 heavy (non-hydrogen) atoms. The summed E-state index contributed by atoms with van der Waals surface area (Å²) in [5, 5.41) is 0. The average Bonchev–Trinajstić information content (AvgIpc) is 2.95. The Morgan fingerprint density at radius 3 is 1.55 bits per heavy atom. The van der Waals surface area contributed by atoms with Gasteiger partial charge in [-0.05, 0) is 53.1 Å². The van der Waals surface area contributed by atoms with Crippen LogP contribution in [0.4, 0.5) is 8.78 Å². The monoisotopic (exact) mass is 522 g/mol. The molecule has 0 bridgehead atoms. The summed E-state index contributed by atoms with van der Waals surface area (Å²) in [6, 6.07) is 14.7. The van der Waals surface area contributed by atoms with Crippen molar-refractivity contribution in [2.45, 2.75) is 0 Å². The molecule has 1 aliphatic heterocycles. The summed E-state index contributed by atoms with van der Waals surface area (Å²) in [7, 11) is 4.45. The molecule has 198 valence electrons. The highest BCUT2D eigenvalue weighted by atomic mass is 19.1. The average molecular weight is 523 g/mol. The van der Waals surface area contributed by atoms with Gasteiger partial charge in [-0.3, -0.25) is 9.59 Å². The summed E-state index contributed by atoms with van der Waals surface area (Å²) >= 11 is 0. The van der Waals surface area contributed by atoms with Crippen LogP contribution in [0.5, 0.6) is 17.2 Å². The Morgan fingerprint density at radius 2 is 1.13 bits per heavy atom. The van der Waals surface area contributed by atoms with Gasteiger partial charge in [0.1, 0.15) is 11.6 Å². The van der Waals surface area contributed by atoms with E-state index in [0.29, 0.717) is 65.7 Å². The van der Waals surface area contributed by atoms with Crippen molar-refractivity contribution in [2.75, 3.05) is 47.5 Å². The number of piperazine rings is 1. The molecule has 0 radical (unpaired) electrons. The predicted molar refractivity (Wildman–Crippen MR) is 138 cm³/mol. The molecule has 3 aromatic rings. The number of methoxy groups -OCH3 is 3. The van der Waals surface area contributed by atoms with Gasteiger partial charge in [0.25, 0.3) is 5.91 Å². The number of carbonyl (C=O) groups excluding carboxylic acids is 2. The largest absolute Gasteiger partial charge is 0.493 e. The number of amides is 2. The molecule has 0 N–H and O–H groups in total. The summed E-state index contributed by atoms with van der Waals surface area (Å²) < 4.78 is 43.0. The number of hydrogen-bond donors (Lipinski definition) is 0. The Morgan fingerprint density at radius 1 is 0.684 bits per heavy atom. The molecule has 0 aromatic heterocycles. The van der Waals surface area contributed by atoms with Crippen LogP contribution >= 0.6 is 0 Å². The first-order valence-corrected chi connectivity index (χ1v) is 12.0. The van der Waals surface area contributed by atoms with Gasteiger partial charge in [0.15, 0.2) is 11.5 Å². The standard InChI is InChI=1S/C29H28F2N2O5/c1-36-25-16-21(17-26(37-2)28(25)38-3)29(35)33-14-12-32(13-15-33)27(34)18-24(19-4-8-22(30)9-5-19)20-6-10-23(31)11-7-20/h4-11,16-18H,12-15H2,1-3H3. The molecule has 0 spiro atoms. The van der Waals surface area contributed by atoms with Crippen molar-refractivity contribution in [1.29, 1.82) is 0 Å². The van der Waals surface area contributed by atoms with Crippen molar-refractivity contribution >= 4 is 17.4 Å². The van der Waals surface area contributed by atoms with E-state index >= 15 is 0 Å². The molecule has 2 amide bonds. The number of ether oxygens (including phenoxy) is 3. The van der Waals surface area contributed by atoms with Gasteiger partial charge >= 0.3 is 0 Å². The minimum Gasteiger partial charge on any atom is -0.493 e. The zero-order valence-electron chi connectivity index (χ0n) is 21.4. The Labute approximate surface area is 219 Å². The van der Waals surface area contributed by atoms with Crippen LogP contribution in [-0.2, 0) is 4.79 Å². The fraction of sp³-hybridized carbons (Fsp3) is 0.241. The molecular weight excluding hydrogens is 494 g/mol. The van der Waals surface area contributed by atoms with E-state index in [2.05, 4.69) is 0 Å². The van der Waals surface area contributed by atoms with Gasteiger partial charge in [0, 0.05) is 37.8 Å². The van der Waals surface area contributed by atoms with Gasteiger partial charge in [-0.1, -0.05) is 24.3 Å². The van der Waals surface area contributed by atoms with E-state index in [-0.39, 0.29) is 11.8 Å². The van der Waals surface area contributed by atoms with E-state index in [1.54, 1.807) is 46.2 Å². The van der Waals surface area contributed by atoms with Crippen molar-refractivity contribution in [3.05, 3.63) is 95.1 Å². The van der Waals surface area contributed by atoms with Crippen molar-refractivity contribution in [3.8, 4) is 17.2 Å². The second-order valence-corrected chi connectivity index (χ2v) is 8.60. The van der Waals surface area contributed by atoms with Crippen LogP contribution in [-0.4, -0.2) is 69.1 Å². The smallest absolute Gasteiger partial charge is 0.254 e.